The normalized spacial score (nSPS) is 24.2. The van der Waals surface area contributed by atoms with Gasteiger partial charge in [0.05, 0.1) is 15.4 Å². The van der Waals surface area contributed by atoms with E-state index in [4.69, 9.17) is 15.5 Å². The molecule has 2 heterocycles. The number of anilines is 1. The Kier molecular flexibility index (Phi) is 3.70. The Morgan fingerprint density at radius 1 is 1.22 bits per heavy atom. The van der Waals surface area contributed by atoms with Crippen molar-refractivity contribution in [2.24, 2.45) is 0 Å². The lowest BCUT2D eigenvalue weighted by Gasteiger charge is -2.22. The van der Waals surface area contributed by atoms with E-state index in [0.717, 1.165) is 34.5 Å². The van der Waals surface area contributed by atoms with Gasteiger partial charge in [-0.3, -0.25) is 0 Å². The van der Waals surface area contributed by atoms with E-state index in [9.17, 15) is 0 Å². The van der Waals surface area contributed by atoms with Crippen LogP contribution in [-0.2, 0) is 11.2 Å². The first-order valence-corrected chi connectivity index (χ1v) is 7.75. The smallest absolute Gasteiger partial charge is 0.140 e. The van der Waals surface area contributed by atoms with Crippen LogP contribution in [-0.4, -0.2) is 22.7 Å². The van der Waals surface area contributed by atoms with Gasteiger partial charge in [-0.1, -0.05) is 0 Å². The molecule has 2 aliphatic rings. The van der Waals surface area contributed by atoms with Crippen LogP contribution in [0.25, 0.3) is 0 Å². The summed E-state index contributed by atoms with van der Waals surface area (Å²) in [7, 11) is 0. The molecule has 18 heavy (non-hydrogen) atoms. The van der Waals surface area contributed by atoms with Gasteiger partial charge in [0, 0.05) is 18.9 Å². The predicted molar refractivity (Wildman–Crippen MR) is 78.4 cm³/mol. The van der Waals surface area contributed by atoms with E-state index in [-0.39, 0.29) is 6.10 Å². The minimum atomic E-state index is 0.283. The van der Waals surface area contributed by atoms with Crippen LogP contribution in [0.2, 0.25) is 0 Å². The molecule has 1 aliphatic carbocycles. The summed E-state index contributed by atoms with van der Waals surface area (Å²) in [4.78, 5) is 9.13. The second kappa shape index (κ2) is 5.28. The Hall–Kier alpha value is -0.430. The van der Waals surface area contributed by atoms with E-state index in [2.05, 4.69) is 27.6 Å². The van der Waals surface area contributed by atoms with Crippen LogP contribution in [0.4, 0.5) is 5.82 Å². The van der Waals surface area contributed by atoms with E-state index >= 15 is 0 Å². The first-order valence-electron chi connectivity index (χ1n) is 6.67. The van der Waals surface area contributed by atoms with Gasteiger partial charge in [0.15, 0.2) is 0 Å². The first kappa shape index (κ1) is 12.6. The summed E-state index contributed by atoms with van der Waals surface area (Å²) in [5.41, 5.74) is 7.15. The van der Waals surface area contributed by atoms with Crippen LogP contribution >= 0.6 is 22.6 Å². The van der Waals surface area contributed by atoms with Crippen LogP contribution in [0.3, 0.4) is 0 Å². The number of halogens is 1. The number of rotatable bonds is 3. The summed E-state index contributed by atoms with van der Waals surface area (Å²) < 4.78 is 6.79. The molecule has 0 bridgehead atoms. The van der Waals surface area contributed by atoms with Crippen molar-refractivity contribution in [2.75, 3.05) is 12.3 Å². The summed E-state index contributed by atoms with van der Waals surface area (Å²) in [6.07, 6.45) is 7.12. The van der Waals surface area contributed by atoms with Gasteiger partial charge in [-0.15, -0.1) is 0 Å². The van der Waals surface area contributed by atoms with Gasteiger partial charge < -0.3 is 10.5 Å². The van der Waals surface area contributed by atoms with E-state index in [1.165, 1.54) is 25.7 Å². The van der Waals surface area contributed by atoms with Crippen molar-refractivity contribution in [1.82, 2.24) is 9.97 Å². The number of hydrogen-bond acceptors (Lipinski definition) is 4. The fourth-order valence-corrected chi connectivity index (χ4v) is 3.10. The summed E-state index contributed by atoms with van der Waals surface area (Å²) in [5.74, 6) is 2.12. The van der Waals surface area contributed by atoms with Crippen LogP contribution in [0, 0.1) is 3.57 Å². The quantitative estimate of drug-likeness (QED) is 0.843. The van der Waals surface area contributed by atoms with E-state index in [1.807, 2.05) is 0 Å². The Labute approximate surface area is 121 Å². The predicted octanol–water partition coefficient (Wildman–Crippen LogP) is 2.65. The molecule has 0 amide bonds. The maximum absolute atomic E-state index is 5.99. The number of aromatic nitrogens is 2. The molecule has 3 rings (SSSR count). The Morgan fingerprint density at radius 3 is 2.72 bits per heavy atom. The van der Waals surface area contributed by atoms with Crippen molar-refractivity contribution in [1.29, 1.82) is 0 Å². The molecule has 2 N–H and O–H groups in total. The maximum atomic E-state index is 5.99. The largest absolute Gasteiger partial charge is 0.383 e. The van der Waals surface area contributed by atoms with Gasteiger partial charge in [-0.05, 0) is 54.7 Å². The Bertz CT molecular complexity index is 442. The molecule has 1 aromatic rings. The molecule has 1 unspecified atom stereocenters. The highest BCUT2D eigenvalue weighted by atomic mass is 127. The monoisotopic (exact) mass is 359 g/mol. The second-order valence-electron chi connectivity index (χ2n) is 5.19. The minimum absolute atomic E-state index is 0.283. The molecule has 98 valence electrons. The summed E-state index contributed by atoms with van der Waals surface area (Å²) in [5, 5.41) is 0. The van der Waals surface area contributed by atoms with E-state index in [1.54, 1.807) is 0 Å². The van der Waals surface area contributed by atoms with E-state index < -0.39 is 0 Å². The third-order valence-corrected chi connectivity index (χ3v) is 4.70. The molecule has 1 saturated carbocycles. The Morgan fingerprint density at radius 2 is 2.06 bits per heavy atom. The topological polar surface area (TPSA) is 61.0 Å². The van der Waals surface area contributed by atoms with Crippen LogP contribution in [0.15, 0.2) is 0 Å². The van der Waals surface area contributed by atoms with Gasteiger partial charge >= 0.3 is 0 Å². The number of ether oxygens (including phenoxy) is 1. The molecule has 0 aromatic carbocycles. The number of nitrogen functional groups attached to an aromatic ring is 1. The highest BCUT2D eigenvalue weighted by Crippen LogP contribution is 2.41. The van der Waals surface area contributed by atoms with Crippen molar-refractivity contribution < 1.29 is 4.74 Å². The molecule has 0 radical (unpaired) electrons. The fourth-order valence-electron chi connectivity index (χ4n) is 2.42. The molecular formula is C13H18IN3O. The van der Waals surface area contributed by atoms with Gasteiger partial charge in [-0.25, -0.2) is 9.97 Å². The third kappa shape index (κ3) is 2.77. The maximum Gasteiger partial charge on any atom is 0.140 e. The molecule has 1 atom stereocenters. The SMILES string of the molecule is Nc1nc(CC2CCCCO2)nc(C2CC2)c1I. The summed E-state index contributed by atoms with van der Waals surface area (Å²) in [6.45, 7) is 0.875. The molecule has 1 aliphatic heterocycles. The number of nitrogens with two attached hydrogens (primary N) is 1. The zero-order chi connectivity index (χ0) is 12.5. The van der Waals surface area contributed by atoms with Crippen molar-refractivity contribution >= 4 is 28.4 Å². The standard InChI is InChI=1S/C13H18IN3O/c14-11-12(8-4-5-8)16-10(17-13(11)15)7-9-3-1-2-6-18-9/h8-9H,1-7H2,(H2,15,16,17). The molecule has 2 fully saturated rings. The lowest BCUT2D eigenvalue weighted by molar-refractivity contribution is 0.0156. The Balaban J connectivity index is 1.78. The van der Waals surface area contributed by atoms with E-state index in [0.29, 0.717) is 11.7 Å². The van der Waals surface area contributed by atoms with Crippen LogP contribution in [0.1, 0.15) is 49.5 Å². The zero-order valence-corrected chi connectivity index (χ0v) is 12.5. The fraction of sp³-hybridized carbons (Fsp3) is 0.692. The molecule has 4 nitrogen and oxygen atoms in total. The molecule has 1 aromatic heterocycles. The van der Waals surface area contributed by atoms with Crippen molar-refractivity contribution in [2.45, 2.75) is 50.5 Å². The van der Waals surface area contributed by atoms with Crippen LogP contribution < -0.4 is 5.73 Å². The average molecular weight is 359 g/mol. The molecule has 0 spiro atoms. The van der Waals surface area contributed by atoms with Gasteiger partial charge in [-0.2, -0.15) is 0 Å². The lowest BCUT2D eigenvalue weighted by Crippen LogP contribution is -2.23. The summed E-state index contributed by atoms with van der Waals surface area (Å²) >= 11 is 2.27. The minimum Gasteiger partial charge on any atom is -0.383 e. The van der Waals surface area contributed by atoms with Crippen LogP contribution in [0.5, 0.6) is 0 Å². The molecular weight excluding hydrogens is 341 g/mol. The highest BCUT2D eigenvalue weighted by Gasteiger charge is 2.29. The average Bonchev–Trinajstić information content (AvgIpc) is 3.19. The second-order valence-corrected chi connectivity index (χ2v) is 6.27. The number of nitrogens with zero attached hydrogens (tertiary/aromatic N) is 2. The van der Waals surface area contributed by atoms with Crippen molar-refractivity contribution in [3.8, 4) is 0 Å². The van der Waals surface area contributed by atoms with Gasteiger partial charge in [0.1, 0.15) is 11.6 Å². The van der Waals surface area contributed by atoms with Crippen molar-refractivity contribution in [3.05, 3.63) is 15.1 Å². The molecule has 1 saturated heterocycles. The van der Waals surface area contributed by atoms with Crippen molar-refractivity contribution in [3.63, 3.8) is 0 Å². The molecule has 5 heteroatoms. The van der Waals surface area contributed by atoms with Gasteiger partial charge in [0.2, 0.25) is 0 Å². The summed E-state index contributed by atoms with van der Waals surface area (Å²) in [6, 6.07) is 0. The number of hydrogen-bond donors (Lipinski definition) is 1. The lowest BCUT2D eigenvalue weighted by atomic mass is 10.1. The highest BCUT2D eigenvalue weighted by molar-refractivity contribution is 14.1. The zero-order valence-electron chi connectivity index (χ0n) is 10.4. The van der Waals surface area contributed by atoms with Gasteiger partial charge in [0.25, 0.3) is 0 Å². The first-order chi connectivity index (χ1) is 8.74. The third-order valence-electron chi connectivity index (χ3n) is 3.60.